The summed E-state index contributed by atoms with van der Waals surface area (Å²) < 4.78 is 51.1. The molecule has 1 saturated carbocycles. The summed E-state index contributed by atoms with van der Waals surface area (Å²) in [4.78, 5) is 14.2. The largest absolute Gasteiger partial charge is 0.419 e. The first-order valence-corrected chi connectivity index (χ1v) is 7.09. The lowest BCUT2D eigenvalue weighted by Gasteiger charge is -2.13. The topological polar surface area (TPSA) is 32.3 Å². The number of carbonyl (C=O) groups is 1. The number of likely N-dealkylation sites (tertiary alicyclic amines) is 1. The van der Waals surface area contributed by atoms with E-state index in [0.717, 1.165) is 25.2 Å². The molecule has 1 saturated heterocycles. The third-order valence-corrected chi connectivity index (χ3v) is 4.48. The molecular formula is C15H16F4N2O. The van der Waals surface area contributed by atoms with Gasteiger partial charge >= 0.3 is 6.18 Å². The zero-order chi connectivity index (χ0) is 16.1. The van der Waals surface area contributed by atoms with Crippen LogP contribution in [0.3, 0.4) is 0 Å². The minimum atomic E-state index is -4.73. The first-order chi connectivity index (χ1) is 10.3. The van der Waals surface area contributed by atoms with Crippen molar-refractivity contribution in [2.24, 2.45) is 17.8 Å². The molecule has 1 amide bonds. The van der Waals surface area contributed by atoms with E-state index in [1.54, 1.807) is 0 Å². The molecule has 22 heavy (non-hydrogen) atoms. The van der Waals surface area contributed by atoms with Crippen LogP contribution >= 0.6 is 0 Å². The van der Waals surface area contributed by atoms with Gasteiger partial charge in [0.1, 0.15) is 5.82 Å². The monoisotopic (exact) mass is 316 g/mol. The van der Waals surface area contributed by atoms with Gasteiger partial charge in [0.05, 0.1) is 5.56 Å². The molecule has 2 atom stereocenters. The van der Waals surface area contributed by atoms with Crippen molar-refractivity contribution in [3.05, 3.63) is 35.1 Å². The molecule has 1 N–H and O–H groups in total. The third-order valence-electron chi connectivity index (χ3n) is 4.48. The Kier molecular flexibility index (Phi) is 3.63. The number of piperidine rings is 1. The Bertz CT molecular complexity index is 590. The zero-order valence-corrected chi connectivity index (χ0v) is 12.0. The number of fused-ring (bicyclic) bond motifs is 1. The van der Waals surface area contributed by atoms with E-state index < -0.39 is 17.6 Å². The molecule has 0 bridgehead atoms. The Labute approximate surface area is 125 Å². The maximum Gasteiger partial charge on any atom is 0.419 e. The first-order valence-electron chi connectivity index (χ1n) is 7.09. The Balaban J connectivity index is 1.59. The SMILES string of the molecule is CN1CC2C(C1)C2C(=O)NCc1ccc(F)c(C(F)(F)F)c1. The molecule has 3 rings (SSSR count). The highest BCUT2D eigenvalue weighted by atomic mass is 19.4. The second-order valence-electron chi connectivity index (χ2n) is 6.10. The molecule has 0 spiro atoms. The molecule has 3 nitrogen and oxygen atoms in total. The molecule has 2 fully saturated rings. The van der Waals surface area contributed by atoms with E-state index in [-0.39, 0.29) is 23.9 Å². The Morgan fingerprint density at radius 2 is 1.95 bits per heavy atom. The van der Waals surface area contributed by atoms with E-state index in [1.165, 1.54) is 6.07 Å². The van der Waals surface area contributed by atoms with Crippen LogP contribution in [0.1, 0.15) is 11.1 Å². The molecule has 1 aromatic carbocycles. The second-order valence-corrected chi connectivity index (χ2v) is 6.10. The standard InChI is InChI=1S/C15H16F4N2O/c1-21-6-9-10(7-21)13(9)14(22)20-5-8-2-3-12(16)11(4-8)15(17,18)19/h2-4,9-10,13H,5-7H2,1H3,(H,20,22). The van der Waals surface area contributed by atoms with Gasteiger partial charge in [-0.3, -0.25) is 4.79 Å². The summed E-state index contributed by atoms with van der Waals surface area (Å²) in [6, 6.07) is 2.79. The summed E-state index contributed by atoms with van der Waals surface area (Å²) in [5.74, 6) is -0.727. The molecule has 0 aromatic heterocycles. The van der Waals surface area contributed by atoms with Gasteiger partial charge in [0.15, 0.2) is 0 Å². The number of amides is 1. The van der Waals surface area contributed by atoms with Crippen molar-refractivity contribution in [3.63, 3.8) is 0 Å². The van der Waals surface area contributed by atoms with Crippen molar-refractivity contribution >= 4 is 5.91 Å². The normalized spacial score (nSPS) is 27.6. The Hall–Kier alpha value is -1.63. The summed E-state index contributed by atoms with van der Waals surface area (Å²) in [6.07, 6.45) is -4.73. The molecule has 1 aromatic rings. The van der Waals surface area contributed by atoms with Gasteiger partial charge in [0.25, 0.3) is 0 Å². The number of nitrogens with one attached hydrogen (secondary N) is 1. The van der Waals surface area contributed by atoms with Crippen LogP contribution in [0.25, 0.3) is 0 Å². The van der Waals surface area contributed by atoms with Crippen molar-refractivity contribution in [1.82, 2.24) is 10.2 Å². The number of benzene rings is 1. The highest BCUT2D eigenvalue weighted by Crippen LogP contribution is 2.51. The molecule has 1 heterocycles. The number of hydrogen-bond donors (Lipinski definition) is 1. The van der Waals surface area contributed by atoms with Crippen molar-refractivity contribution in [2.75, 3.05) is 20.1 Å². The lowest BCUT2D eigenvalue weighted by molar-refractivity contribution is -0.140. The minimum absolute atomic E-state index is 0.0199. The summed E-state index contributed by atoms with van der Waals surface area (Å²) in [6.45, 7) is 1.75. The van der Waals surface area contributed by atoms with Gasteiger partial charge in [-0.2, -0.15) is 13.2 Å². The molecule has 7 heteroatoms. The quantitative estimate of drug-likeness (QED) is 0.868. The summed E-state index contributed by atoms with van der Waals surface area (Å²) in [7, 11) is 2.00. The molecule has 1 aliphatic heterocycles. The van der Waals surface area contributed by atoms with Gasteiger partial charge < -0.3 is 10.2 Å². The van der Waals surface area contributed by atoms with Gasteiger partial charge in [-0.1, -0.05) is 6.07 Å². The number of hydrogen-bond acceptors (Lipinski definition) is 2. The van der Waals surface area contributed by atoms with Gasteiger partial charge in [0.2, 0.25) is 5.91 Å². The number of alkyl halides is 3. The number of carbonyl (C=O) groups excluding carboxylic acids is 1. The van der Waals surface area contributed by atoms with Crippen LogP contribution in [-0.4, -0.2) is 30.9 Å². The van der Waals surface area contributed by atoms with Crippen LogP contribution < -0.4 is 5.32 Å². The first kappa shape index (κ1) is 15.3. The van der Waals surface area contributed by atoms with Crippen LogP contribution in [0, 0.1) is 23.6 Å². The van der Waals surface area contributed by atoms with Crippen LogP contribution in [0.2, 0.25) is 0 Å². The summed E-state index contributed by atoms with van der Waals surface area (Å²) in [5.41, 5.74) is -1.06. The van der Waals surface area contributed by atoms with Crippen LogP contribution in [0.5, 0.6) is 0 Å². The fraction of sp³-hybridized carbons (Fsp3) is 0.533. The predicted molar refractivity (Wildman–Crippen MR) is 71.2 cm³/mol. The van der Waals surface area contributed by atoms with Gasteiger partial charge in [-0.05, 0) is 36.6 Å². The third kappa shape index (κ3) is 2.82. The number of halogens is 4. The molecular weight excluding hydrogens is 300 g/mol. The second kappa shape index (κ2) is 5.22. The fourth-order valence-corrected chi connectivity index (χ4v) is 3.33. The van der Waals surface area contributed by atoms with Crippen molar-refractivity contribution in [2.45, 2.75) is 12.7 Å². The molecule has 1 aliphatic carbocycles. The Morgan fingerprint density at radius 3 is 2.55 bits per heavy atom. The lowest BCUT2D eigenvalue weighted by Crippen LogP contribution is -2.30. The predicted octanol–water partition coefficient (Wildman–Crippen LogP) is 2.27. The van der Waals surface area contributed by atoms with Crippen LogP contribution in [-0.2, 0) is 17.5 Å². The highest BCUT2D eigenvalue weighted by molar-refractivity contribution is 5.82. The average molecular weight is 316 g/mol. The van der Waals surface area contributed by atoms with E-state index in [1.807, 2.05) is 7.05 Å². The number of rotatable bonds is 3. The van der Waals surface area contributed by atoms with Gasteiger partial charge in [-0.25, -0.2) is 4.39 Å². The van der Waals surface area contributed by atoms with Gasteiger partial charge in [-0.15, -0.1) is 0 Å². The minimum Gasteiger partial charge on any atom is -0.352 e. The van der Waals surface area contributed by atoms with E-state index in [0.29, 0.717) is 11.8 Å². The van der Waals surface area contributed by atoms with E-state index in [9.17, 15) is 22.4 Å². The highest BCUT2D eigenvalue weighted by Gasteiger charge is 2.58. The maximum atomic E-state index is 13.2. The van der Waals surface area contributed by atoms with Gasteiger partial charge in [0, 0.05) is 25.6 Å². The molecule has 2 aliphatic rings. The van der Waals surface area contributed by atoms with E-state index in [2.05, 4.69) is 10.2 Å². The maximum absolute atomic E-state index is 13.2. The van der Waals surface area contributed by atoms with Crippen LogP contribution in [0.15, 0.2) is 18.2 Å². The van der Waals surface area contributed by atoms with Crippen molar-refractivity contribution in [1.29, 1.82) is 0 Å². The summed E-state index contributed by atoms with van der Waals surface area (Å²) >= 11 is 0. The lowest BCUT2D eigenvalue weighted by atomic mass is 10.1. The van der Waals surface area contributed by atoms with Crippen molar-refractivity contribution in [3.8, 4) is 0 Å². The van der Waals surface area contributed by atoms with E-state index in [4.69, 9.17) is 0 Å². The molecule has 0 radical (unpaired) electrons. The number of nitrogens with zero attached hydrogens (tertiary/aromatic N) is 1. The smallest absolute Gasteiger partial charge is 0.352 e. The molecule has 2 unspecified atom stereocenters. The zero-order valence-electron chi connectivity index (χ0n) is 12.0. The average Bonchev–Trinajstić information content (AvgIpc) is 2.94. The fourth-order valence-electron chi connectivity index (χ4n) is 3.33. The summed E-state index contributed by atoms with van der Waals surface area (Å²) in [5, 5.41) is 2.66. The Morgan fingerprint density at radius 1 is 1.32 bits per heavy atom. The van der Waals surface area contributed by atoms with Crippen LogP contribution in [0.4, 0.5) is 17.6 Å². The molecule has 120 valence electrons. The van der Waals surface area contributed by atoms with E-state index >= 15 is 0 Å². The van der Waals surface area contributed by atoms with Crippen molar-refractivity contribution < 1.29 is 22.4 Å².